The average Bonchev–Trinajstić information content (AvgIpc) is 2.43. The summed E-state index contributed by atoms with van der Waals surface area (Å²) >= 11 is 0. The maximum Gasteiger partial charge on any atom is 0.241 e. The number of hydrogen-bond donors (Lipinski definition) is 3. The molecule has 106 valence electrons. The summed E-state index contributed by atoms with van der Waals surface area (Å²) < 4.78 is 26.0. The molecular formula is C12H19N3O3S. The van der Waals surface area contributed by atoms with Crippen LogP contribution in [-0.4, -0.2) is 27.4 Å². The Morgan fingerprint density at radius 3 is 2.42 bits per heavy atom. The minimum atomic E-state index is -3.66. The van der Waals surface area contributed by atoms with E-state index < -0.39 is 10.0 Å². The molecule has 1 amide bonds. The van der Waals surface area contributed by atoms with Crippen LogP contribution in [0.25, 0.3) is 0 Å². The molecule has 0 aromatic heterocycles. The highest BCUT2D eigenvalue weighted by Gasteiger charge is 2.14. The van der Waals surface area contributed by atoms with Gasteiger partial charge in [0.25, 0.3) is 0 Å². The van der Waals surface area contributed by atoms with Crippen LogP contribution in [0.5, 0.6) is 0 Å². The maximum atomic E-state index is 11.9. The minimum Gasteiger partial charge on any atom is -0.355 e. The fourth-order valence-electron chi connectivity index (χ4n) is 1.38. The van der Waals surface area contributed by atoms with Crippen molar-refractivity contribution < 1.29 is 13.2 Å². The number of nitrogens with one attached hydrogen (secondary N) is 2. The minimum absolute atomic E-state index is 0.119. The molecule has 4 N–H and O–H groups in total. The number of hydrogen-bond acceptors (Lipinski definition) is 4. The topological polar surface area (TPSA) is 101 Å². The summed E-state index contributed by atoms with van der Waals surface area (Å²) in [6.07, 6.45) is 0.805. The predicted octanol–water partition coefficient (Wildman–Crippen LogP) is -0.0502. The van der Waals surface area contributed by atoms with E-state index in [4.69, 9.17) is 5.73 Å². The van der Waals surface area contributed by atoms with Crippen LogP contribution >= 0.6 is 0 Å². The van der Waals surface area contributed by atoms with Gasteiger partial charge < -0.3 is 11.1 Å². The molecule has 0 radical (unpaired) electrons. The van der Waals surface area contributed by atoms with Gasteiger partial charge in [-0.05, 0) is 24.1 Å². The van der Waals surface area contributed by atoms with Crippen LogP contribution in [0, 0.1) is 0 Å². The number of nitrogens with two attached hydrogens (primary N) is 1. The first-order valence-electron chi connectivity index (χ1n) is 6.05. The van der Waals surface area contributed by atoms with E-state index in [1.54, 1.807) is 12.1 Å². The van der Waals surface area contributed by atoms with Gasteiger partial charge in [0, 0.05) is 13.1 Å². The van der Waals surface area contributed by atoms with E-state index in [2.05, 4.69) is 10.0 Å². The monoisotopic (exact) mass is 285 g/mol. The number of amides is 1. The second kappa shape index (κ2) is 7.22. The van der Waals surface area contributed by atoms with Crippen molar-refractivity contribution in [2.75, 3.05) is 13.1 Å². The Labute approximate surface area is 113 Å². The highest BCUT2D eigenvalue weighted by atomic mass is 32.2. The molecule has 0 saturated heterocycles. The Bertz CT molecular complexity index is 512. The lowest BCUT2D eigenvalue weighted by Crippen LogP contribution is -2.37. The van der Waals surface area contributed by atoms with E-state index in [9.17, 15) is 13.2 Å². The Hall–Kier alpha value is -1.44. The smallest absolute Gasteiger partial charge is 0.241 e. The van der Waals surface area contributed by atoms with Gasteiger partial charge in [0.15, 0.2) is 0 Å². The van der Waals surface area contributed by atoms with Crippen LogP contribution in [-0.2, 0) is 21.4 Å². The second-order valence-electron chi connectivity index (χ2n) is 4.02. The van der Waals surface area contributed by atoms with Crippen molar-refractivity contribution in [3.8, 4) is 0 Å². The lowest BCUT2D eigenvalue weighted by Gasteiger charge is -2.07. The largest absolute Gasteiger partial charge is 0.355 e. The lowest BCUT2D eigenvalue weighted by atomic mass is 10.2. The fourth-order valence-corrected chi connectivity index (χ4v) is 2.36. The lowest BCUT2D eigenvalue weighted by molar-refractivity contribution is -0.119. The highest BCUT2D eigenvalue weighted by molar-refractivity contribution is 7.89. The Kier molecular flexibility index (Phi) is 5.94. The van der Waals surface area contributed by atoms with Crippen LogP contribution in [0.3, 0.4) is 0 Å². The summed E-state index contributed by atoms with van der Waals surface area (Å²) in [4.78, 5) is 11.4. The van der Waals surface area contributed by atoms with Gasteiger partial charge in [-0.2, -0.15) is 0 Å². The van der Waals surface area contributed by atoms with E-state index in [-0.39, 0.29) is 17.3 Å². The number of carbonyl (C=O) groups is 1. The number of rotatable bonds is 7. The van der Waals surface area contributed by atoms with Crippen molar-refractivity contribution in [1.29, 1.82) is 0 Å². The van der Waals surface area contributed by atoms with Gasteiger partial charge in [-0.3, -0.25) is 4.79 Å². The summed E-state index contributed by atoms with van der Waals surface area (Å²) in [6.45, 7) is 2.55. The molecule has 0 unspecified atom stereocenters. The third kappa shape index (κ3) is 4.98. The molecule has 1 aromatic carbocycles. The van der Waals surface area contributed by atoms with Crippen LogP contribution in [0.15, 0.2) is 29.2 Å². The Balaban J connectivity index is 2.62. The van der Waals surface area contributed by atoms with Crippen LogP contribution < -0.4 is 15.8 Å². The second-order valence-corrected chi connectivity index (χ2v) is 5.79. The quantitative estimate of drug-likeness (QED) is 0.653. The predicted molar refractivity (Wildman–Crippen MR) is 72.8 cm³/mol. The van der Waals surface area contributed by atoms with Gasteiger partial charge in [0.2, 0.25) is 15.9 Å². The molecule has 1 rings (SSSR count). The van der Waals surface area contributed by atoms with E-state index >= 15 is 0 Å². The Morgan fingerprint density at radius 2 is 1.89 bits per heavy atom. The molecule has 1 aromatic rings. The highest BCUT2D eigenvalue weighted by Crippen LogP contribution is 2.09. The maximum absolute atomic E-state index is 11.9. The van der Waals surface area contributed by atoms with Gasteiger partial charge in [-0.25, -0.2) is 13.1 Å². The van der Waals surface area contributed by atoms with Gasteiger partial charge in [0.05, 0.1) is 11.4 Å². The molecule has 0 heterocycles. The molecular weight excluding hydrogens is 266 g/mol. The van der Waals surface area contributed by atoms with Gasteiger partial charge in [0.1, 0.15) is 0 Å². The molecule has 19 heavy (non-hydrogen) atoms. The first kappa shape index (κ1) is 15.6. The molecule has 7 heteroatoms. The summed E-state index contributed by atoms with van der Waals surface area (Å²) in [5, 5.41) is 2.59. The fraction of sp³-hybridized carbons (Fsp3) is 0.417. The van der Waals surface area contributed by atoms with Gasteiger partial charge in [-0.15, -0.1) is 0 Å². The molecule has 0 atom stereocenters. The van der Waals surface area contributed by atoms with E-state index in [0.717, 1.165) is 12.0 Å². The standard InChI is InChI=1S/C12H19N3O3S/c1-2-7-14-12(16)9-15-19(17,18)11-5-3-10(8-13)4-6-11/h3-6,15H,2,7-9,13H2,1H3,(H,14,16). The zero-order chi connectivity index (χ0) is 14.3. The zero-order valence-corrected chi connectivity index (χ0v) is 11.7. The molecule has 0 aliphatic heterocycles. The summed E-state index contributed by atoms with van der Waals surface area (Å²) in [6, 6.07) is 6.22. The molecule has 0 bridgehead atoms. The van der Waals surface area contributed by atoms with E-state index in [0.29, 0.717) is 13.1 Å². The molecule has 6 nitrogen and oxygen atoms in total. The third-order valence-corrected chi connectivity index (χ3v) is 3.88. The van der Waals surface area contributed by atoms with Crippen LogP contribution in [0.2, 0.25) is 0 Å². The molecule has 0 saturated carbocycles. The third-order valence-electron chi connectivity index (χ3n) is 2.46. The first-order valence-corrected chi connectivity index (χ1v) is 7.53. The van der Waals surface area contributed by atoms with Crippen LogP contribution in [0.1, 0.15) is 18.9 Å². The van der Waals surface area contributed by atoms with E-state index in [1.807, 2.05) is 6.92 Å². The van der Waals surface area contributed by atoms with Crippen molar-refractivity contribution >= 4 is 15.9 Å². The zero-order valence-electron chi connectivity index (χ0n) is 10.8. The van der Waals surface area contributed by atoms with E-state index in [1.165, 1.54) is 12.1 Å². The van der Waals surface area contributed by atoms with Crippen molar-refractivity contribution in [2.45, 2.75) is 24.8 Å². The van der Waals surface area contributed by atoms with Crippen LogP contribution in [0.4, 0.5) is 0 Å². The first-order chi connectivity index (χ1) is 8.99. The van der Waals surface area contributed by atoms with Gasteiger partial charge >= 0.3 is 0 Å². The van der Waals surface area contributed by atoms with Crippen molar-refractivity contribution in [3.05, 3.63) is 29.8 Å². The van der Waals surface area contributed by atoms with Crippen molar-refractivity contribution in [2.24, 2.45) is 5.73 Å². The summed E-state index contributed by atoms with van der Waals surface area (Å²) in [7, 11) is -3.66. The normalized spacial score (nSPS) is 11.3. The molecule has 0 aliphatic rings. The van der Waals surface area contributed by atoms with Crippen molar-refractivity contribution in [3.63, 3.8) is 0 Å². The number of carbonyl (C=O) groups excluding carboxylic acids is 1. The number of benzene rings is 1. The van der Waals surface area contributed by atoms with Gasteiger partial charge in [-0.1, -0.05) is 19.1 Å². The summed E-state index contributed by atoms with van der Waals surface area (Å²) in [5.74, 6) is -0.344. The molecule has 0 aliphatic carbocycles. The number of sulfonamides is 1. The molecule has 0 fully saturated rings. The molecule has 0 spiro atoms. The average molecular weight is 285 g/mol. The van der Waals surface area contributed by atoms with Crippen molar-refractivity contribution in [1.82, 2.24) is 10.0 Å². The Morgan fingerprint density at radius 1 is 1.26 bits per heavy atom. The SMILES string of the molecule is CCCNC(=O)CNS(=O)(=O)c1ccc(CN)cc1. The summed E-state index contributed by atoms with van der Waals surface area (Å²) in [5.41, 5.74) is 6.28.